The van der Waals surface area contributed by atoms with E-state index in [2.05, 4.69) is 27.7 Å². The number of carbonyl (C=O) groups is 2. The van der Waals surface area contributed by atoms with Crippen molar-refractivity contribution in [2.75, 3.05) is 25.0 Å². The maximum absolute atomic E-state index is 13.3. The molecule has 1 amide bonds. The molecule has 5 rings (SSSR count). The molecule has 1 atom stereocenters. The highest BCUT2D eigenvalue weighted by molar-refractivity contribution is 5.92. The van der Waals surface area contributed by atoms with Crippen LogP contribution in [0.4, 0.5) is 5.82 Å². The van der Waals surface area contributed by atoms with Gasteiger partial charge in [0, 0.05) is 24.8 Å². The van der Waals surface area contributed by atoms with Crippen LogP contribution in [-0.2, 0) is 27.8 Å². The van der Waals surface area contributed by atoms with Gasteiger partial charge in [-0.1, -0.05) is 36.4 Å². The van der Waals surface area contributed by atoms with Gasteiger partial charge in [-0.25, -0.2) is 9.78 Å². The Kier molecular flexibility index (Phi) is 8.29. The Morgan fingerprint density at radius 3 is 2.61 bits per heavy atom. The number of amides is 1. The molecule has 204 valence electrons. The van der Waals surface area contributed by atoms with Crippen molar-refractivity contribution in [1.82, 2.24) is 15.2 Å². The Balaban J connectivity index is 1.12. The van der Waals surface area contributed by atoms with Crippen LogP contribution in [0.25, 0.3) is 0 Å². The summed E-state index contributed by atoms with van der Waals surface area (Å²) in [4.78, 5) is 32.6. The molecule has 1 aromatic heterocycles. The van der Waals surface area contributed by atoms with E-state index in [1.165, 1.54) is 5.56 Å². The largest absolute Gasteiger partial charge is 0.480 e. The number of aromatic nitrogens is 1. The predicted molar refractivity (Wildman–Crippen MR) is 146 cm³/mol. The first-order valence-corrected chi connectivity index (χ1v) is 14.2. The molecule has 2 aromatic rings. The Hall–Kier alpha value is -2.97. The van der Waals surface area contributed by atoms with Crippen molar-refractivity contribution in [3.05, 3.63) is 59.3 Å². The lowest BCUT2D eigenvalue weighted by Gasteiger charge is -2.44. The van der Waals surface area contributed by atoms with Crippen molar-refractivity contribution in [2.45, 2.75) is 87.8 Å². The molecule has 0 unspecified atom stereocenters. The van der Waals surface area contributed by atoms with Gasteiger partial charge >= 0.3 is 5.97 Å². The molecule has 2 fully saturated rings. The number of carbonyl (C=O) groups excluding carboxylic acids is 1. The van der Waals surface area contributed by atoms with E-state index in [1.54, 1.807) is 0 Å². The van der Waals surface area contributed by atoms with Gasteiger partial charge in [0.05, 0.1) is 11.5 Å². The molecule has 0 radical (unpaired) electrons. The van der Waals surface area contributed by atoms with Crippen LogP contribution in [0.2, 0.25) is 0 Å². The molecular formula is C30H40N4O4. The van der Waals surface area contributed by atoms with E-state index in [1.807, 2.05) is 30.3 Å². The fourth-order valence-electron chi connectivity index (χ4n) is 5.95. The molecular weight excluding hydrogens is 480 g/mol. The first-order chi connectivity index (χ1) is 18.4. The second-order valence-corrected chi connectivity index (χ2v) is 11.2. The van der Waals surface area contributed by atoms with Gasteiger partial charge in [-0.2, -0.15) is 0 Å². The van der Waals surface area contributed by atoms with Crippen LogP contribution in [0.5, 0.6) is 0 Å². The highest BCUT2D eigenvalue weighted by Gasteiger charge is 2.51. The average Bonchev–Trinajstić information content (AvgIpc) is 3.75. The van der Waals surface area contributed by atoms with Gasteiger partial charge in [-0.05, 0) is 87.9 Å². The topological polar surface area (TPSA) is 115 Å². The van der Waals surface area contributed by atoms with Gasteiger partial charge in [-0.3, -0.25) is 4.79 Å². The number of aliphatic hydroxyl groups excluding tert-OH is 1. The van der Waals surface area contributed by atoms with Gasteiger partial charge < -0.3 is 25.7 Å². The molecule has 0 saturated heterocycles. The monoisotopic (exact) mass is 520 g/mol. The number of rotatable bonds is 13. The summed E-state index contributed by atoms with van der Waals surface area (Å²) in [6, 6.07) is 13.3. The number of anilines is 1. The zero-order chi connectivity index (χ0) is 26.5. The molecule has 8 nitrogen and oxygen atoms in total. The summed E-state index contributed by atoms with van der Waals surface area (Å²) in [5, 5.41) is 26.1. The van der Waals surface area contributed by atoms with Gasteiger partial charge in [0.15, 0.2) is 0 Å². The average molecular weight is 521 g/mol. The number of aliphatic carboxylic acids is 1. The maximum Gasteiger partial charge on any atom is 0.326 e. The minimum Gasteiger partial charge on any atom is -0.480 e. The van der Waals surface area contributed by atoms with E-state index in [-0.39, 0.29) is 5.91 Å². The Bertz CT molecular complexity index is 1110. The molecule has 1 aliphatic heterocycles. The molecule has 2 heterocycles. The summed E-state index contributed by atoms with van der Waals surface area (Å²) >= 11 is 0. The first-order valence-electron chi connectivity index (χ1n) is 14.2. The molecule has 3 aliphatic rings. The molecule has 0 bridgehead atoms. The second kappa shape index (κ2) is 11.8. The zero-order valence-electron chi connectivity index (χ0n) is 22.1. The Morgan fingerprint density at radius 2 is 1.89 bits per heavy atom. The Morgan fingerprint density at radius 1 is 1.11 bits per heavy atom. The number of aliphatic hydroxyl groups is 1. The Labute approximate surface area is 224 Å². The van der Waals surface area contributed by atoms with E-state index in [0.29, 0.717) is 31.8 Å². The molecule has 0 spiro atoms. The molecule has 1 aromatic carbocycles. The van der Waals surface area contributed by atoms with Crippen LogP contribution in [-0.4, -0.2) is 69.8 Å². The fourth-order valence-corrected chi connectivity index (χ4v) is 5.95. The lowest BCUT2D eigenvalue weighted by atomic mass is 9.62. The maximum atomic E-state index is 13.3. The molecule has 4 N–H and O–H groups in total. The summed E-state index contributed by atoms with van der Waals surface area (Å²) < 4.78 is 0. The number of nitrogens with zero attached hydrogens (tertiary/aromatic N) is 2. The smallest absolute Gasteiger partial charge is 0.326 e. The van der Waals surface area contributed by atoms with Gasteiger partial charge in [-0.15, -0.1) is 0 Å². The van der Waals surface area contributed by atoms with Crippen molar-refractivity contribution in [3.8, 4) is 0 Å². The number of benzene rings is 1. The third-order valence-corrected chi connectivity index (χ3v) is 8.38. The summed E-state index contributed by atoms with van der Waals surface area (Å²) in [6.07, 6.45) is 8.02. The molecule has 38 heavy (non-hydrogen) atoms. The van der Waals surface area contributed by atoms with Crippen LogP contribution in [0.3, 0.4) is 0 Å². The summed E-state index contributed by atoms with van der Waals surface area (Å²) in [6.45, 7) is 2.56. The normalized spacial score (nSPS) is 23.2. The van der Waals surface area contributed by atoms with Crippen molar-refractivity contribution in [1.29, 1.82) is 0 Å². The second-order valence-electron chi connectivity index (χ2n) is 11.2. The summed E-state index contributed by atoms with van der Waals surface area (Å²) in [5.74, 6) is -0.267. The number of unbranched alkanes of at least 4 members (excludes halogenated alkanes) is 1. The quantitative estimate of drug-likeness (QED) is 0.300. The van der Waals surface area contributed by atoms with Crippen molar-refractivity contribution < 1.29 is 19.8 Å². The fraction of sp³-hybridized carbons (Fsp3) is 0.567. The summed E-state index contributed by atoms with van der Waals surface area (Å²) in [5.41, 5.74) is 2.40. The van der Waals surface area contributed by atoms with Gasteiger partial charge in [0.25, 0.3) is 0 Å². The standard InChI is InChI=1S/C30H40N4O4/c35-25-19-30(20-25,22-8-2-1-3-9-22)29(38)33-26(28(36)37)15-18-34(24-13-14-24)17-5-4-10-23-12-11-21-7-6-16-31-27(21)32-23/h1-3,8-9,11-12,24-26,35H,4-7,10,13-20H2,(H,31,32)(H,33,38)(H,36,37)/t25?,26-,30?/m0/s1. The SMILES string of the molecule is O=C(O)[C@H](CCN(CCCCc1ccc2c(n1)NCCC2)C1CC1)NC(=O)C1(c2ccccc2)CC(O)C1. The lowest BCUT2D eigenvalue weighted by molar-refractivity contribution is -0.145. The lowest BCUT2D eigenvalue weighted by Crippen LogP contribution is -2.58. The van der Waals surface area contributed by atoms with E-state index in [0.717, 1.165) is 75.1 Å². The van der Waals surface area contributed by atoms with Crippen molar-refractivity contribution >= 4 is 17.7 Å². The van der Waals surface area contributed by atoms with Crippen LogP contribution in [0, 0.1) is 0 Å². The predicted octanol–water partition coefficient (Wildman–Crippen LogP) is 3.28. The molecule has 2 saturated carbocycles. The van der Waals surface area contributed by atoms with Crippen LogP contribution < -0.4 is 10.6 Å². The number of hydrogen-bond donors (Lipinski definition) is 4. The number of hydrogen-bond acceptors (Lipinski definition) is 6. The third kappa shape index (κ3) is 6.18. The number of carboxylic acid groups (broad SMARTS) is 1. The van der Waals surface area contributed by atoms with Crippen molar-refractivity contribution in [3.63, 3.8) is 0 Å². The van der Waals surface area contributed by atoms with Crippen LogP contribution in [0.15, 0.2) is 42.5 Å². The van der Waals surface area contributed by atoms with Crippen molar-refractivity contribution in [2.24, 2.45) is 0 Å². The van der Waals surface area contributed by atoms with Crippen LogP contribution in [0.1, 0.15) is 68.2 Å². The zero-order valence-corrected chi connectivity index (χ0v) is 22.1. The molecule has 8 heteroatoms. The van der Waals surface area contributed by atoms with Crippen LogP contribution >= 0.6 is 0 Å². The number of pyridine rings is 1. The highest BCUT2D eigenvalue weighted by Crippen LogP contribution is 2.44. The number of fused-ring (bicyclic) bond motifs is 1. The summed E-state index contributed by atoms with van der Waals surface area (Å²) in [7, 11) is 0. The number of carboxylic acids is 1. The minimum atomic E-state index is -1.01. The number of aryl methyl sites for hydroxylation is 2. The van der Waals surface area contributed by atoms with E-state index in [9.17, 15) is 19.8 Å². The molecule has 2 aliphatic carbocycles. The van der Waals surface area contributed by atoms with Gasteiger partial charge in [0.1, 0.15) is 11.9 Å². The van der Waals surface area contributed by atoms with E-state index >= 15 is 0 Å². The van der Waals surface area contributed by atoms with E-state index in [4.69, 9.17) is 4.98 Å². The highest BCUT2D eigenvalue weighted by atomic mass is 16.4. The minimum absolute atomic E-state index is 0.300. The first kappa shape index (κ1) is 26.6. The number of nitrogens with one attached hydrogen (secondary N) is 2. The van der Waals surface area contributed by atoms with E-state index < -0.39 is 23.5 Å². The van der Waals surface area contributed by atoms with Gasteiger partial charge in [0.2, 0.25) is 5.91 Å². The third-order valence-electron chi connectivity index (χ3n) is 8.38.